The Balaban J connectivity index is 2.48. The SMILES string of the molecule is Cc1cc(C)c(N2CC(=O)NC(C)C2=O)c(Br)c1. The monoisotopic (exact) mass is 310 g/mol. The van der Waals surface area contributed by atoms with Crippen molar-refractivity contribution in [1.29, 1.82) is 0 Å². The molecule has 4 nitrogen and oxygen atoms in total. The molecular weight excluding hydrogens is 296 g/mol. The lowest BCUT2D eigenvalue weighted by Gasteiger charge is -2.32. The first-order valence-corrected chi connectivity index (χ1v) is 6.57. The molecule has 2 rings (SSSR count). The molecule has 18 heavy (non-hydrogen) atoms. The lowest BCUT2D eigenvalue weighted by atomic mass is 10.1. The minimum atomic E-state index is -0.473. The number of rotatable bonds is 1. The van der Waals surface area contributed by atoms with Crippen LogP contribution in [0.1, 0.15) is 18.1 Å². The quantitative estimate of drug-likeness (QED) is 0.861. The molecule has 0 spiro atoms. The normalized spacial score (nSPS) is 20.0. The van der Waals surface area contributed by atoms with E-state index in [-0.39, 0.29) is 18.4 Å². The van der Waals surface area contributed by atoms with E-state index in [0.717, 1.165) is 21.3 Å². The lowest BCUT2D eigenvalue weighted by Crippen LogP contribution is -2.57. The van der Waals surface area contributed by atoms with E-state index in [2.05, 4.69) is 21.2 Å². The standard InChI is InChI=1S/C13H15BrN2O2/c1-7-4-8(2)12(10(14)5-7)16-6-11(17)15-9(3)13(16)18/h4-5,9H,6H2,1-3H3,(H,15,17). The van der Waals surface area contributed by atoms with Crippen molar-refractivity contribution >= 4 is 33.4 Å². The minimum Gasteiger partial charge on any atom is -0.343 e. The molecule has 5 heteroatoms. The van der Waals surface area contributed by atoms with Crippen molar-refractivity contribution in [3.05, 3.63) is 27.7 Å². The van der Waals surface area contributed by atoms with Crippen LogP contribution in [0.2, 0.25) is 0 Å². The van der Waals surface area contributed by atoms with Crippen LogP contribution in [0.25, 0.3) is 0 Å². The molecule has 1 saturated heterocycles. The number of amides is 2. The van der Waals surface area contributed by atoms with E-state index in [9.17, 15) is 9.59 Å². The third kappa shape index (κ3) is 2.27. The molecule has 0 saturated carbocycles. The molecule has 1 aromatic carbocycles. The summed E-state index contributed by atoms with van der Waals surface area (Å²) in [6, 6.07) is 3.48. The van der Waals surface area contributed by atoms with Crippen LogP contribution in [0.5, 0.6) is 0 Å². The summed E-state index contributed by atoms with van der Waals surface area (Å²) in [5.74, 6) is -0.212. The Morgan fingerprint density at radius 2 is 2.00 bits per heavy atom. The van der Waals surface area contributed by atoms with Gasteiger partial charge >= 0.3 is 0 Å². The van der Waals surface area contributed by atoms with E-state index in [1.165, 1.54) is 0 Å². The summed E-state index contributed by atoms with van der Waals surface area (Å²) in [4.78, 5) is 25.3. The predicted octanol–water partition coefficient (Wildman–Crippen LogP) is 1.92. The Hall–Kier alpha value is -1.36. The topological polar surface area (TPSA) is 49.4 Å². The number of piperazine rings is 1. The summed E-state index contributed by atoms with van der Waals surface area (Å²) in [5.41, 5.74) is 2.88. The Kier molecular flexibility index (Phi) is 3.43. The third-order valence-electron chi connectivity index (χ3n) is 2.98. The lowest BCUT2D eigenvalue weighted by molar-refractivity contribution is -0.130. The third-order valence-corrected chi connectivity index (χ3v) is 3.59. The van der Waals surface area contributed by atoms with Crippen LogP contribution in [-0.2, 0) is 9.59 Å². The molecule has 1 aromatic rings. The molecule has 0 bridgehead atoms. The van der Waals surface area contributed by atoms with Crippen molar-refractivity contribution in [3.63, 3.8) is 0 Å². The summed E-state index contributed by atoms with van der Waals surface area (Å²) >= 11 is 3.48. The van der Waals surface area contributed by atoms with Crippen molar-refractivity contribution in [2.75, 3.05) is 11.4 Å². The van der Waals surface area contributed by atoms with Gasteiger partial charge in [0, 0.05) is 4.47 Å². The summed E-state index contributed by atoms with van der Waals surface area (Å²) < 4.78 is 0.843. The van der Waals surface area contributed by atoms with Gasteiger partial charge in [-0.25, -0.2) is 0 Å². The summed E-state index contributed by atoms with van der Waals surface area (Å²) in [6.07, 6.45) is 0. The maximum Gasteiger partial charge on any atom is 0.249 e. The fraction of sp³-hybridized carbons (Fsp3) is 0.385. The molecule has 2 amide bonds. The van der Waals surface area contributed by atoms with Crippen molar-refractivity contribution < 1.29 is 9.59 Å². The predicted molar refractivity (Wildman–Crippen MR) is 73.6 cm³/mol. The van der Waals surface area contributed by atoms with Crippen LogP contribution in [0.4, 0.5) is 5.69 Å². The molecule has 1 aliphatic rings. The number of carbonyl (C=O) groups is 2. The number of benzene rings is 1. The maximum atomic E-state index is 12.2. The van der Waals surface area contributed by atoms with E-state index in [4.69, 9.17) is 0 Å². The van der Waals surface area contributed by atoms with Gasteiger partial charge in [-0.1, -0.05) is 6.07 Å². The molecule has 1 atom stereocenters. The highest BCUT2D eigenvalue weighted by atomic mass is 79.9. The van der Waals surface area contributed by atoms with Gasteiger partial charge in [0.1, 0.15) is 12.6 Å². The molecule has 1 fully saturated rings. The highest BCUT2D eigenvalue weighted by Gasteiger charge is 2.32. The van der Waals surface area contributed by atoms with E-state index in [1.54, 1.807) is 11.8 Å². The highest BCUT2D eigenvalue weighted by Crippen LogP contribution is 2.32. The molecular formula is C13H15BrN2O2. The fourth-order valence-electron chi connectivity index (χ4n) is 2.24. The van der Waals surface area contributed by atoms with Gasteiger partial charge in [0.25, 0.3) is 0 Å². The van der Waals surface area contributed by atoms with Crippen molar-refractivity contribution in [1.82, 2.24) is 5.32 Å². The first-order valence-electron chi connectivity index (χ1n) is 5.77. The van der Waals surface area contributed by atoms with E-state index in [0.29, 0.717) is 0 Å². The number of aryl methyl sites for hydroxylation is 2. The van der Waals surface area contributed by atoms with Crippen LogP contribution in [0.3, 0.4) is 0 Å². The van der Waals surface area contributed by atoms with E-state index >= 15 is 0 Å². The van der Waals surface area contributed by atoms with E-state index in [1.807, 2.05) is 26.0 Å². The zero-order valence-electron chi connectivity index (χ0n) is 10.6. The maximum absolute atomic E-state index is 12.2. The van der Waals surface area contributed by atoms with Crippen molar-refractivity contribution in [2.45, 2.75) is 26.8 Å². The average Bonchev–Trinajstić information content (AvgIpc) is 2.23. The summed E-state index contributed by atoms with van der Waals surface area (Å²) in [6.45, 7) is 5.71. The number of hydrogen-bond acceptors (Lipinski definition) is 2. The Morgan fingerprint density at radius 3 is 2.61 bits per heavy atom. The number of hydrogen-bond donors (Lipinski definition) is 1. The van der Waals surface area contributed by atoms with Crippen LogP contribution >= 0.6 is 15.9 Å². The zero-order valence-corrected chi connectivity index (χ0v) is 12.2. The molecule has 1 heterocycles. The second-order valence-corrected chi connectivity index (χ2v) is 5.48. The Morgan fingerprint density at radius 1 is 1.33 bits per heavy atom. The van der Waals surface area contributed by atoms with Gasteiger partial charge in [-0.05, 0) is 53.9 Å². The van der Waals surface area contributed by atoms with E-state index < -0.39 is 6.04 Å². The number of anilines is 1. The summed E-state index contributed by atoms with van der Waals surface area (Å²) in [5, 5.41) is 2.63. The van der Waals surface area contributed by atoms with Crippen LogP contribution in [-0.4, -0.2) is 24.4 Å². The molecule has 1 aliphatic heterocycles. The van der Waals surface area contributed by atoms with Gasteiger partial charge in [-0.3, -0.25) is 14.5 Å². The first-order chi connectivity index (χ1) is 8.40. The summed E-state index contributed by atoms with van der Waals surface area (Å²) in [7, 11) is 0. The highest BCUT2D eigenvalue weighted by molar-refractivity contribution is 9.10. The molecule has 0 aliphatic carbocycles. The largest absolute Gasteiger partial charge is 0.343 e. The van der Waals surface area contributed by atoms with Gasteiger partial charge < -0.3 is 5.32 Å². The van der Waals surface area contributed by atoms with Gasteiger partial charge in [-0.15, -0.1) is 0 Å². The minimum absolute atomic E-state index is 0.0751. The molecule has 1 N–H and O–H groups in total. The first kappa shape index (κ1) is 13.1. The molecule has 1 unspecified atom stereocenters. The second kappa shape index (κ2) is 4.72. The van der Waals surface area contributed by atoms with Crippen LogP contribution in [0.15, 0.2) is 16.6 Å². The van der Waals surface area contributed by atoms with Crippen LogP contribution < -0.4 is 10.2 Å². The number of halogens is 1. The van der Waals surface area contributed by atoms with Crippen LogP contribution in [0, 0.1) is 13.8 Å². The smallest absolute Gasteiger partial charge is 0.249 e. The Labute approximate surface area is 114 Å². The number of nitrogens with one attached hydrogen (secondary N) is 1. The molecule has 0 aromatic heterocycles. The van der Waals surface area contributed by atoms with Crippen molar-refractivity contribution in [3.8, 4) is 0 Å². The van der Waals surface area contributed by atoms with Gasteiger partial charge in [0.15, 0.2) is 0 Å². The number of nitrogens with zero attached hydrogens (tertiary/aromatic N) is 1. The fourth-order valence-corrected chi connectivity index (χ4v) is 3.13. The molecule has 0 radical (unpaired) electrons. The van der Waals surface area contributed by atoms with Gasteiger partial charge in [0.2, 0.25) is 11.8 Å². The Bertz CT molecular complexity index is 505. The average molecular weight is 311 g/mol. The number of carbonyl (C=O) groups excluding carboxylic acids is 2. The second-order valence-electron chi connectivity index (χ2n) is 4.63. The molecule has 96 valence electrons. The van der Waals surface area contributed by atoms with Gasteiger partial charge in [0.05, 0.1) is 5.69 Å². The van der Waals surface area contributed by atoms with Crippen molar-refractivity contribution in [2.24, 2.45) is 0 Å². The van der Waals surface area contributed by atoms with Gasteiger partial charge in [-0.2, -0.15) is 0 Å². The zero-order chi connectivity index (χ0) is 13.4.